The molecule has 0 aromatic rings. The van der Waals surface area contributed by atoms with Crippen LogP contribution in [-0.4, -0.2) is 24.6 Å². The molecule has 4 saturated carbocycles. The summed E-state index contributed by atoms with van der Waals surface area (Å²) in [7, 11) is 0. The second kappa shape index (κ2) is 8.08. The Labute approximate surface area is 171 Å². The Morgan fingerprint density at radius 3 is 2.43 bits per heavy atom. The summed E-state index contributed by atoms with van der Waals surface area (Å²) in [5, 5.41) is 0. The first-order valence-corrected chi connectivity index (χ1v) is 11.5. The smallest absolute Gasteiger partial charge is 0.314 e. The molecule has 0 saturated heterocycles. The van der Waals surface area contributed by atoms with Crippen LogP contribution in [-0.2, 0) is 19.1 Å². The highest BCUT2D eigenvalue weighted by Gasteiger charge is 2.54. The monoisotopic (exact) mass is 392 g/mol. The summed E-state index contributed by atoms with van der Waals surface area (Å²) < 4.78 is 11.8. The highest BCUT2D eigenvalue weighted by atomic mass is 16.7. The van der Waals surface area contributed by atoms with Gasteiger partial charge in [0.05, 0.1) is 11.5 Å². The summed E-state index contributed by atoms with van der Waals surface area (Å²) in [5.74, 6) is 1.96. The molecular weight excluding hydrogens is 352 g/mol. The van der Waals surface area contributed by atoms with Gasteiger partial charge < -0.3 is 9.47 Å². The molecule has 0 aromatic carbocycles. The van der Waals surface area contributed by atoms with Crippen molar-refractivity contribution in [3.05, 3.63) is 0 Å². The van der Waals surface area contributed by atoms with E-state index < -0.39 is 5.41 Å². The fraction of sp³-hybridized carbons (Fsp3) is 0.917. The molecule has 4 heteroatoms. The molecule has 6 atom stereocenters. The highest BCUT2D eigenvalue weighted by molar-refractivity contribution is 5.86. The standard InChI is InChI=1S/C24H40O4/c1-7-23(5,6)13-24(8-2,15(3)4)22(26)28-14-27-21-18-10-16-9-17(12-18)20(25)19(21)11-16/h15-19,21H,7-14H2,1-6H3. The van der Waals surface area contributed by atoms with Crippen molar-refractivity contribution in [3.63, 3.8) is 0 Å². The summed E-state index contributed by atoms with van der Waals surface area (Å²) in [6, 6.07) is 0. The van der Waals surface area contributed by atoms with Crippen molar-refractivity contribution < 1.29 is 19.1 Å². The summed E-state index contributed by atoms with van der Waals surface area (Å²) in [5.41, 5.74) is -0.392. The molecule has 4 aliphatic carbocycles. The molecule has 160 valence electrons. The molecule has 0 aliphatic heterocycles. The minimum atomic E-state index is -0.483. The van der Waals surface area contributed by atoms with Crippen molar-refractivity contribution >= 4 is 11.8 Å². The largest absolute Gasteiger partial charge is 0.438 e. The van der Waals surface area contributed by atoms with Crippen molar-refractivity contribution in [1.82, 2.24) is 0 Å². The molecule has 0 aromatic heterocycles. The van der Waals surface area contributed by atoms with Gasteiger partial charge in [0.2, 0.25) is 0 Å². The Hall–Kier alpha value is -0.900. The van der Waals surface area contributed by atoms with Gasteiger partial charge in [-0.2, -0.15) is 0 Å². The fourth-order valence-corrected chi connectivity index (χ4v) is 6.31. The maximum atomic E-state index is 13.2. The van der Waals surface area contributed by atoms with Crippen LogP contribution < -0.4 is 0 Å². The SMILES string of the molecule is CCC(C)(C)CC(CC)(C(=O)OCOC1C2CC3CC(C2)C(=O)C1C3)C(C)C. The summed E-state index contributed by atoms with van der Waals surface area (Å²) >= 11 is 0. The molecule has 0 radical (unpaired) electrons. The highest BCUT2D eigenvalue weighted by Crippen LogP contribution is 2.53. The van der Waals surface area contributed by atoms with Gasteiger partial charge >= 0.3 is 5.97 Å². The zero-order chi connectivity index (χ0) is 20.7. The Morgan fingerprint density at radius 2 is 1.82 bits per heavy atom. The van der Waals surface area contributed by atoms with Gasteiger partial charge in [0.25, 0.3) is 0 Å². The van der Waals surface area contributed by atoms with Crippen LogP contribution in [0.5, 0.6) is 0 Å². The fourth-order valence-electron chi connectivity index (χ4n) is 6.31. The molecule has 6 unspecified atom stereocenters. The van der Waals surface area contributed by atoms with Gasteiger partial charge in [-0.05, 0) is 61.7 Å². The Kier molecular flexibility index (Phi) is 6.29. The third kappa shape index (κ3) is 3.91. The van der Waals surface area contributed by atoms with Crippen molar-refractivity contribution in [2.24, 2.45) is 40.4 Å². The average molecular weight is 393 g/mol. The first-order chi connectivity index (χ1) is 13.1. The van der Waals surface area contributed by atoms with Crippen LogP contribution in [0.3, 0.4) is 0 Å². The summed E-state index contributed by atoms with van der Waals surface area (Å²) in [6.07, 6.45) is 6.78. The summed E-state index contributed by atoms with van der Waals surface area (Å²) in [6.45, 7) is 12.9. The predicted octanol–water partition coefficient (Wildman–Crippen LogP) is 5.39. The molecule has 4 bridgehead atoms. The number of carbonyl (C=O) groups is 2. The van der Waals surface area contributed by atoms with E-state index in [4.69, 9.17) is 9.47 Å². The van der Waals surface area contributed by atoms with Gasteiger partial charge in [0, 0.05) is 11.8 Å². The number of hydrogen-bond acceptors (Lipinski definition) is 4. The van der Waals surface area contributed by atoms with Gasteiger partial charge in [0.15, 0.2) is 6.79 Å². The van der Waals surface area contributed by atoms with Gasteiger partial charge in [-0.1, -0.05) is 48.0 Å². The number of Topliss-reactive ketones (excluding diaryl/α,β-unsaturated/α-hetero) is 1. The van der Waals surface area contributed by atoms with Crippen molar-refractivity contribution in [2.75, 3.05) is 6.79 Å². The molecule has 4 nitrogen and oxygen atoms in total. The van der Waals surface area contributed by atoms with Crippen LogP contribution >= 0.6 is 0 Å². The van der Waals surface area contributed by atoms with Crippen molar-refractivity contribution in [2.45, 2.75) is 92.6 Å². The average Bonchev–Trinajstić information content (AvgIpc) is 2.65. The van der Waals surface area contributed by atoms with Crippen LogP contribution in [0, 0.1) is 40.4 Å². The van der Waals surface area contributed by atoms with Crippen LogP contribution in [0.25, 0.3) is 0 Å². The number of ether oxygens (including phenoxy) is 2. The lowest BCUT2D eigenvalue weighted by Gasteiger charge is -2.52. The van der Waals surface area contributed by atoms with Crippen LogP contribution in [0.15, 0.2) is 0 Å². The van der Waals surface area contributed by atoms with Gasteiger partial charge in [-0.15, -0.1) is 0 Å². The molecule has 4 aliphatic rings. The minimum Gasteiger partial charge on any atom is -0.438 e. The lowest BCUT2D eigenvalue weighted by atomic mass is 9.54. The zero-order valence-electron chi connectivity index (χ0n) is 18.8. The predicted molar refractivity (Wildman–Crippen MR) is 110 cm³/mol. The van der Waals surface area contributed by atoms with E-state index in [-0.39, 0.29) is 42.0 Å². The second-order valence-electron chi connectivity index (χ2n) is 10.8. The molecule has 0 spiro atoms. The zero-order valence-corrected chi connectivity index (χ0v) is 18.8. The van der Waals surface area contributed by atoms with Gasteiger partial charge in [-0.3, -0.25) is 9.59 Å². The van der Waals surface area contributed by atoms with E-state index in [1.54, 1.807) is 0 Å². The van der Waals surface area contributed by atoms with E-state index in [0.29, 0.717) is 17.6 Å². The topological polar surface area (TPSA) is 52.6 Å². The third-order valence-electron chi connectivity index (χ3n) is 8.40. The molecule has 0 N–H and O–H groups in total. The summed E-state index contributed by atoms with van der Waals surface area (Å²) in [4.78, 5) is 25.8. The molecule has 0 heterocycles. The Morgan fingerprint density at radius 1 is 1.11 bits per heavy atom. The van der Waals surface area contributed by atoms with Crippen LogP contribution in [0.2, 0.25) is 0 Å². The van der Waals surface area contributed by atoms with E-state index in [0.717, 1.165) is 38.5 Å². The quantitative estimate of drug-likeness (QED) is 0.390. The van der Waals surface area contributed by atoms with Crippen molar-refractivity contribution in [1.29, 1.82) is 0 Å². The Balaban J connectivity index is 1.61. The number of ketones is 1. The van der Waals surface area contributed by atoms with E-state index >= 15 is 0 Å². The molecule has 0 amide bonds. The van der Waals surface area contributed by atoms with Crippen molar-refractivity contribution in [3.8, 4) is 0 Å². The minimum absolute atomic E-state index is 0.0138. The first-order valence-electron chi connectivity index (χ1n) is 11.5. The van der Waals surface area contributed by atoms with Crippen LogP contribution in [0.4, 0.5) is 0 Å². The molecular formula is C24H40O4. The number of carbonyl (C=O) groups excluding carboxylic acids is 2. The van der Waals surface area contributed by atoms with Gasteiger partial charge in [0.1, 0.15) is 5.78 Å². The first kappa shape index (κ1) is 21.8. The van der Waals surface area contributed by atoms with E-state index in [1.807, 2.05) is 0 Å². The lowest BCUT2D eigenvalue weighted by molar-refractivity contribution is -0.197. The number of hydrogen-bond donors (Lipinski definition) is 0. The normalized spacial score (nSPS) is 34.0. The maximum Gasteiger partial charge on any atom is 0.314 e. The molecule has 28 heavy (non-hydrogen) atoms. The van der Waals surface area contributed by atoms with Gasteiger partial charge in [-0.25, -0.2) is 0 Å². The van der Waals surface area contributed by atoms with E-state index in [1.165, 1.54) is 6.42 Å². The lowest BCUT2D eigenvalue weighted by Crippen LogP contribution is -2.55. The second-order valence-corrected chi connectivity index (χ2v) is 10.8. The Bertz CT molecular complexity index is 595. The third-order valence-corrected chi connectivity index (χ3v) is 8.40. The number of rotatable bonds is 9. The molecule has 4 rings (SSSR count). The van der Waals surface area contributed by atoms with E-state index in [9.17, 15) is 9.59 Å². The maximum absolute atomic E-state index is 13.2. The number of esters is 1. The van der Waals surface area contributed by atoms with E-state index in [2.05, 4.69) is 41.5 Å². The van der Waals surface area contributed by atoms with Crippen LogP contribution in [0.1, 0.15) is 86.5 Å². The molecule has 4 fully saturated rings.